The molecule has 5 nitrogen and oxygen atoms in total. The fraction of sp³-hybridized carbons (Fsp3) is 0.154. The molecule has 0 saturated carbocycles. The SMILES string of the molecule is CC(C)Oc1ccc(/C(O)=C2\C(=O)C(=O)N(c3cccc(F)c3)C2c2ccccc2)cc1. The Morgan fingerprint density at radius 2 is 1.66 bits per heavy atom. The van der Waals surface area contributed by atoms with Gasteiger partial charge in [0.15, 0.2) is 0 Å². The summed E-state index contributed by atoms with van der Waals surface area (Å²) in [6, 6.07) is 20.1. The maximum absolute atomic E-state index is 13.9. The van der Waals surface area contributed by atoms with Gasteiger partial charge in [-0.15, -0.1) is 0 Å². The molecule has 32 heavy (non-hydrogen) atoms. The Kier molecular flexibility index (Phi) is 5.77. The third kappa shape index (κ3) is 3.99. The van der Waals surface area contributed by atoms with Gasteiger partial charge in [-0.05, 0) is 61.9 Å². The first-order valence-electron chi connectivity index (χ1n) is 10.3. The molecule has 6 heteroatoms. The van der Waals surface area contributed by atoms with Crippen molar-refractivity contribution in [2.24, 2.45) is 0 Å². The highest BCUT2D eigenvalue weighted by Gasteiger charge is 2.47. The average Bonchev–Trinajstić information content (AvgIpc) is 3.05. The topological polar surface area (TPSA) is 66.8 Å². The predicted molar refractivity (Wildman–Crippen MR) is 120 cm³/mol. The molecule has 0 radical (unpaired) electrons. The third-order valence-electron chi connectivity index (χ3n) is 5.15. The number of Topliss-reactive ketones (excluding diaryl/α,β-unsaturated/α-hetero) is 1. The van der Waals surface area contributed by atoms with Gasteiger partial charge < -0.3 is 9.84 Å². The normalized spacial score (nSPS) is 17.8. The van der Waals surface area contributed by atoms with E-state index < -0.39 is 23.5 Å². The molecule has 1 atom stereocenters. The minimum Gasteiger partial charge on any atom is -0.507 e. The van der Waals surface area contributed by atoms with Crippen molar-refractivity contribution >= 4 is 23.1 Å². The number of ether oxygens (including phenoxy) is 1. The van der Waals surface area contributed by atoms with E-state index >= 15 is 0 Å². The molecule has 0 spiro atoms. The lowest BCUT2D eigenvalue weighted by atomic mass is 9.95. The Morgan fingerprint density at radius 1 is 0.969 bits per heavy atom. The number of hydrogen-bond acceptors (Lipinski definition) is 4. The highest BCUT2D eigenvalue weighted by Crippen LogP contribution is 2.42. The van der Waals surface area contributed by atoms with Crippen molar-refractivity contribution in [3.8, 4) is 5.75 Å². The van der Waals surface area contributed by atoms with E-state index in [2.05, 4.69) is 0 Å². The van der Waals surface area contributed by atoms with Crippen molar-refractivity contribution in [1.82, 2.24) is 0 Å². The van der Waals surface area contributed by atoms with Gasteiger partial charge in [0.25, 0.3) is 11.7 Å². The molecule has 1 aliphatic rings. The summed E-state index contributed by atoms with van der Waals surface area (Å²) in [5.74, 6) is -1.87. The number of carbonyl (C=O) groups excluding carboxylic acids is 2. The van der Waals surface area contributed by atoms with E-state index in [0.717, 1.165) is 0 Å². The summed E-state index contributed by atoms with van der Waals surface area (Å²) in [4.78, 5) is 27.3. The number of carbonyl (C=O) groups is 2. The van der Waals surface area contributed by atoms with E-state index in [1.807, 2.05) is 19.9 Å². The van der Waals surface area contributed by atoms with Gasteiger partial charge in [0.1, 0.15) is 17.3 Å². The first-order valence-corrected chi connectivity index (χ1v) is 10.3. The first-order chi connectivity index (χ1) is 15.4. The maximum Gasteiger partial charge on any atom is 0.300 e. The number of nitrogens with zero attached hydrogens (tertiary/aromatic N) is 1. The largest absolute Gasteiger partial charge is 0.507 e. The van der Waals surface area contributed by atoms with Crippen molar-refractivity contribution in [2.45, 2.75) is 26.0 Å². The molecule has 3 aromatic rings. The lowest BCUT2D eigenvalue weighted by Crippen LogP contribution is -2.29. The van der Waals surface area contributed by atoms with Crippen LogP contribution in [0.4, 0.5) is 10.1 Å². The number of aliphatic hydroxyl groups excluding tert-OH is 1. The van der Waals surface area contributed by atoms with Crippen molar-refractivity contribution in [3.63, 3.8) is 0 Å². The lowest BCUT2D eigenvalue weighted by Gasteiger charge is -2.25. The quantitative estimate of drug-likeness (QED) is 0.341. The summed E-state index contributed by atoms with van der Waals surface area (Å²) >= 11 is 0. The van der Waals surface area contributed by atoms with E-state index in [1.54, 1.807) is 54.6 Å². The summed E-state index contributed by atoms with van der Waals surface area (Å²) in [5, 5.41) is 11.1. The molecule has 162 valence electrons. The summed E-state index contributed by atoms with van der Waals surface area (Å²) < 4.78 is 19.6. The lowest BCUT2D eigenvalue weighted by molar-refractivity contribution is -0.132. The number of rotatable bonds is 5. The van der Waals surface area contributed by atoms with Crippen LogP contribution in [0.2, 0.25) is 0 Å². The zero-order chi connectivity index (χ0) is 22.8. The number of hydrogen-bond donors (Lipinski definition) is 1. The van der Waals surface area contributed by atoms with Crippen LogP contribution < -0.4 is 9.64 Å². The van der Waals surface area contributed by atoms with Crippen LogP contribution in [-0.2, 0) is 9.59 Å². The smallest absolute Gasteiger partial charge is 0.300 e. The fourth-order valence-electron chi connectivity index (χ4n) is 3.79. The average molecular weight is 431 g/mol. The molecule has 1 saturated heterocycles. The molecule has 1 unspecified atom stereocenters. The molecule has 1 N–H and O–H groups in total. The number of benzene rings is 3. The molecule has 0 aromatic heterocycles. The zero-order valence-corrected chi connectivity index (χ0v) is 17.7. The summed E-state index contributed by atoms with van der Waals surface area (Å²) in [6.07, 6.45) is -0.0101. The van der Waals surface area contributed by atoms with Crippen molar-refractivity contribution in [3.05, 3.63) is 101 Å². The number of halogens is 1. The van der Waals surface area contributed by atoms with E-state index in [4.69, 9.17) is 4.74 Å². The van der Waals surface area contributed by atoms with Crippen molar-refractivity contribution in [2.75, 3.05) is 4.90 Å². The van der Waals surface area contributed by atoms with Crippen LogP contribution in [0.3, 0.4) is 0 Å². The molecular formula is C26H22FNO4. The van der Waals surface area contributed by atoms with Crippen molar-refractivity contribution < 1.29 is 23.8 Å². The number of anilines is 1. The molecule has 1 heterocycles. The van der Waals surface area contributed by atoms with E-state index in [9.17, 15) is 19.1 Å². The maximum atomic E-state index is 13.9. The summed E-state index contributed by atoms with van der Waals surface area (Å²) in [6.45, 7) is 3.81. The van der Waals surface area contributed by atoms with Crippen LogP contribution in [0, 0.1) is 5.82 Å². The Bertz CT molecular complexity index is 1190. The van der Waals surface area contributed by atoms with Crippen LogP contribution in [0.25, 0.3) is 5.76 Å². The number of amides is 1. The Labute approximate surface area is 185 Å². The highest BCUT2D eigenvalue weighted by atomic mass is 19.1. The van der Waals surface area contributed by atoms with E-state index in [-0.39, 0.29) is 23.1 Å². The Balaban J connectivity index is 1.85. The van der Waals surface area contributed by atoms with Gasteiger partial charge in [0.2, 0.25) is 0 Å². The minimum atomic E-state index is -0.899. The van der Waals surface area contributed by atoms with Gasteiger partial charge in [-0.25, -0.2) is 4.39 Å². The molecule has 1 aliphatic heterocycles. The zero-order valence-electron chi connectivity index (χ0n) is 17.7. The predicted octanol–water partition coefficient (Wildman–Crippen LogP) is 5.24. The van der Waals surface area contributed by atoms with Crippen LogP contribution in [-0.4, -0.2) is 22.9 Å². The molecule has 3 aromatic carbocycles. The summed E-state index contributed by atoms with van der Waals surface area (Å²) in [7, 11) is 0. The van der Waals surface area contributed by atoms with E-state index in [1.165, 1.54) is 23.1 Å². The number of aliphatic hydroxyl groups is 1. The van der Waals surface area contributed by atoms with Gasteiger partial charge in [-0.2, -0.15) is 0 Å². The Morgan fingerprint density at radius 3 is 2.28 bits per heavy atom. The number of ketones is 1. The standard InChI is InChI=1S/C26H22FNO4/c1-16(2)32-21-13-11-18(12-14-21)24(29)22-23(17-7-4-3-5-8-17)28(26(31)25(22)30)20-10-6-9-19(27)15-20/h3-16,23,29H,1-2H3/b24-22+. The van der Waals surface area contributed by atoms with Gasteiger partial charge in [0.05, 0.1) is 17.7 Å². The molecule has 1 fully saturated rings. The van der Waals surface area contributed by atoms with Crippen LogP contribution in [0.15, 0.2) is 84.4 Å². The molecule has 0 aliphatic carbocycles. The second-order valence-electron chi connectivity index (χ2n) is 7.75. The Hall–Kier alpha value is -3.93. The molecular weight excluding hydrogens is 409 g/mol. The van der Waals surface area contributed by atoms with Crippen molar-refractivity contribution in [1.29, 1.82) is 0 Å². The van der Waals surface area contributed by atoms with Crippen LogP contribution in [0.5, 0.6) is 5.75 Å². The molecule has 0 bridgehead atoms. The summed E-state index contributed by atoms with van der Waals surface area (Å²) in [5.41, 5.74) is 1.18. The van der Waals surface area contributed by atoms with E-state index in [0.29, 0.717) is 16.9 Å². The second kappa shape index (κ2) is 8.67. The first kappa shape index (κ1) is 21.3. The van der Waals surface area contributed by atoms with Gasteiger partial charge in [-0.1, -0.05) is 36.4 Å². The monoisotopic (exact) mass is 431 g/mol. The third-order valence-corrected chi connectivity index (χ3v) is 5.15. The van der Waals surface area contributed by atoms with Gasteiger partial charge in [0, 0.05) is 11.3 Å². The van der Waals surface area contributed by atoms with Gasteiger partial charge >= 0.3 is 0 Å². The second-order valence-corrected chi connectivity index (χ2v) is 7.75. The molecule has 4 rings (SSSR count). The minimum absolute atomic E-state index is 0.0101. The van der Waals surface area contributed by atoms with Gasteiger partial charge in [-0.3, -0.25) is 14.5 Å². The van der Waals surface area contributed by atoms with Crippen LogP contribution in [0.1, 0.15) is 31.0 Å². The highest BCUT2D eigenvalue weighted by molar-refractivity contribution is 6.51. The molecule has 1 amide bonds. The van der Waals surface area contributed by atoms with Crippen LogP contribution >= 0.6 is 0 Å². The fourth-order valence-corrected chi connectivity index (χ4v) is 3.79.